The maximum absolute atomic E-state index is 9.48. The molecule has 6 heteroatoms. The van der Waals surface area contributed by atoms with Crippen molar-refractivity contribution in [2.45, 2.75) is 39.1 Å². The van der Waals surface area contributed by atoms with Gasteiger partial charge in [0.2, 0.25) is 0 Å². The summed E-state index contributed by atoms with van der Waals surface area (Å²) >= 11 is 0. The minimum absolute atomic E-state index is 0.496. The largest absolute Gasteiger partial charge is 0.389 e. The van der Waals surface area contributed by atoms with Gasteiger partial charge in [-0.15, -0.1) is 0 Å². The zero-order valence-electron chi connectivity index (χ0n) is 10.3. The number of aromatic nitrogens is 3. The third-order valence-corrected chi connectivity index (χ3v) is 2.93. The molecule has 0 saturated carbocycles. The van der Waals surface area contributed by atoms with Crippen LogP contribution in [0.5, 0.6) is 0 Å². The molecule has 1 aromatic heterocycles. The Labute approximate surface area is 101 Å². The van der Waals surface area contributed by atoms with E-state index in [4.69, 9.17) is 0 Å². The Bertz CT molecular complexity index is 356. The molecule has 96 valence electrons. The van der Waals surface area contributed by atoms with Crippen LogP contribution < -0.4 is 0 Å². The van der Waals surface area contributed by atoms with Crippen LogP contribution in [0.2, 0.25) is 0 Å². The lowest BCUT2D eigenvalue weighted by atomic mass is 10.2. The van der Waals surface area contributed by atoms with E-state index < -0.39 is 12.2 Å². The van der Waals surface area contributed by atoms with Crippen molar-refractivity contribution in [3.05, 3.63) is 12.2 Å². The number of β-amino-alcohol motifs (C(OH)–C–C–N with tert-alkyl or cyclic N) is 2. The fourth-order valence-electron chi connectivity index (χ4n) is 2.08. The summed E-state index contributed by atoms with van der Waals surface area (Å²) < 4.78 is 1.89. The lowest BCUT2D eigenvalue weighted by Gasteiger charge is -2.15. The second-order valence-corrected chi connectivity index (χ2v) is 5.08. The lowest BCUT2D eigenvalue weighted by molar-refractivity contribution is 0.0572. The summed E-state index contributed by atoms with van der Waals surface area (Å²) in [4.78, 5) is 6.23. The Kier molecular flexibility index (Phi) is 3.76. The van der Waals surface area contributed by atoms with Crippen molar-refractivity contribution < 1.29 is 10.2 Å². The SMILES string of the molecule is CC(C)Cn1ncnc1CN1C[C@@H](O)[C@@H](O)C1. The number of aliphatic hydroxyl groups is 2. The van der Waals surface area contributed by atoms with Crippen LogP contribution in [0.3, 0.4) is 0 Å². The molecule has 2 N–H and O–H groups in total. The van der Waals surface area contributed by atoms with Crippen LogP contribution in [0.15, 0.2) is 6.33 Å². The van der Waals surface area contributed by atoms with E-state index in [0.29, 0.717) is 25.6 Å². The smallest absolute Gasteiger partial charge is 0.141 e. The van der Waals surface area contributed by atoms with Crippen molar-refractivity contribution in [1.82, 2.24) is 19.7 Å². The predicted octanol–water partition coefficient (Wildman–Crippen LogP) is -0.529. The summed E-state index contributed by atoms with van der Waals surface area (Å²) in [5.41, 5.74) is 0. The van der Waals surface area contributed by atoms with Gasteiger partial charge in [-0.05, 0) is 5.92 Å². The van der Waals surface area contributed by atoms with E-state index in [-0.39, 0.29) is 0 Å². The number of nitrogens with zero attached hydrogens (tertiary/aromatic N) is 4. The molecule has 0 aliphatic carbocycles. The topological polar surface area (TPSA) is 74.4 Å². The van der Waals surface area contributed by atoms with E-state index in [1.165, 1.54) is 0 Å². The van der Waals surface area contributed by atoms with Crippen LogP contribution in [0.25, 0.3) is 0 Å². The van der Waals surface area contributed by atoms with Gasteiger partial charge in [-0.3, -0.25) is 4.90 Å². The highest BCUT2D eigenvalue weighted by molar-refractivity contribution is 4.90. The van der Waals surface area contributed by atoms with E-state index in [9.17, 15) is 10.2 Å². The maximum Gasteiger partial charge on any atom is 0.141 e. The van der Waals surface area contributed by atoms with Gasteiger partial charge in [0, 0.05) is 19.6 Å². The molecule has 1 aromatic rings. The second-order valence-electron chi connectivity index (χ2n) is 5.08. The fourth-order valence-corrected chi connectivity index (χ4v) is 2.08. The maximum atomic E-state index is 9.48. The van der Waals surface area contributed by atoms with Gasteiger partial charge in [-0.1, -0.05) is 13.8 Å². The Morgan fingerprint density at radius 3 is 2.59 bits per heavy atom. The Morgan fingerprint density at radius 1 is 1.35 bits per heavy atom. The number of hydrogen-bond acceptors (Lipinski definition) is 5. The first kappa shape index (κ1) is 12.5. The van der Waals surface area contributed by atoms with Gasteiger partial charge in [-0.2, -0.15) is 5.10 Å². The highest BCUT2D eigenvalue weighted by Crippen LogP contribution is 2.13. The Morgan fingerprint density at radius 2 is 2.00 bits per heavy atom. The van der Waals surface area contributed by atoms with Gasteiger partial charge < -0.3 is 10.2 Å². The van der Waals surface area contributed by atoms with Crippen molar-refractivity contribution in [1.29, 1.82) is 0 Å². The average Bonchev–Trinajstić information content (AvgIpc) is 2.76. The van der Waals surface area contributed by atoms with Gasteiger partial charge in [0.05, 0.1) is 18.8 Å². The normalized spacial score (nSPS) is 25.9. The molecule has 1 saturated heterocycles. The van der Waals surface area contributed by atoms with E-state index in [1.807, 2.05) is 9.58 Å². The fraction of sp³-hybridized carbons (Fsp3) is 0.818. The molecule has 0 bridgehead atoms. The molecule has 1 aliphatic heterocycles. The number of hydrogen-bond donors (Lipinski definition) is 2. The molecule has 0 radical (unpaired) electrons. The van der Waals surface area contributed by atoms with Gasteiger partial charge in [0.15, 0.2) is 0 Å². The molecule has 1 fully saturated rings. The monoisotopic (exact) mass is 240 g/mol. The molecule has 0 amide bonds. The van der Waals surface area contributed by atoms with E-state index in [0.717, 1.165) is 12.4 Å². The van der Waals surface area contributed by atoms with Crippen LogP contribution in [-0.2, 0) is 13.1 Å². The third kappa shape index (κ3) is 3.02. The molecular weight excluding hydrogens is 220 g/mol. The highest BCUT2D eigenvalue weighted by Gasteiger charge is 2.30. The van der Waals surface area contributed by atoms with Crippen LogP contribution in [-0.4, -0.2) is 55.2 Å². The van der Waals surface area contributed by atoms with Gasteiger partial charge >= 0.3 is 0 Å². The van der Waals surface area contributed by atoms with Crippen LogP contribution in [0, 0.1) is 5.92 Å². The predicted molar refractivity (Wildman–Crippen MR) is 62.2 cm³/mol. The van der Waals surface area contributed by atoms with Gasteiger partial charge in [-0.25, -0.2) is 9.67 Å². The standard InChI is InChI=1S/C11H20N4O2/c1-8(2)3-15-11(12-7-13-15)6-14-4-9(16)10(17)5-14/h7-10,16-17H,3-6H2,1-2H3/t9-,10+. The summed E-state index contributed by atoms with van der Waals surface area (Å²) in [6.07, 6.45) is 0.272. The molecule has 6 nitrogen and oxygen atoms in total. The molecule has 17 heavy (non-hydrogen) atoms. The van der Waals surface area contributed by atoms with Crippen LogP contribution in [0.1, 0.15) is 19.7 Å². The minimum Gasteiger partial charge on any atom is -0.389 e. The first-order valence-electron chi connectivity index (χ1n) is 6.01. The zero-order chi connectivity index (χ0) is 12.4. The number of rotatable bonds is 4. The number of likely N-dealkylation sites (tertiary alicyclic amines) is 1. The quantitative estimate of drug-likeness (QED) is 0.740. The second kappa shape index (κ2) is 5.12. The molecule has 2 heterocycles. The van der Waals surface area contributed by atoms with Crippen molar-refractivity contribution in [2.24, 2.45) is 5.92 Å². The van der Waals surface area contributed by atoms with E-state index in [2.05, 4.69) is 23.9 Å². The van der Waals surface area contributed by atoms with Crippen molar-refractivity contribution >= 4 is 0 Å². The number of aliphatic hydroxyl groups excluding tert-OH is 2. The highest BCUT2D eigenvalue weighted by atomic mass is 16.3. The van der Waals surface area contributed by atoms with Crippen LogP contribution >= 0.6 is 0 Å². The van der Waals surface area contributed by atoms with E-state index in [1.54, 1.807) is 6.33 Å². The first-order valence-corrected chi connectivity index (χ1v) is 6.01. The Hall–Kier alpha value is -0.980. The van der Waals surface area contributed by atoms with E-state index >= 15 is 0 Å². The van der Waals surface area contributed by atoms with Crippen molar-refractivity contribution in [3.8, 4) is 0 Å². The van der Waals surface area contributed by atoms with Crippen molar-refractivity contribution in [2.75, 3.05) is 13.1 Å². The molecule has 0 spiro atoms. The molecule has 0 aromatic carbocycles. The zero-order valence-corrected chi connectivity index (χ0v) is 10.3. The molecule has 0 unspecified atom stereocenters. The molecule has 2 atom stereocenters. The summed E-state index contributed by atoms with van der Waals surface area (Å²) in [6.45, 7) is 6.73. The van der Waals surface area contributed by atoms with Gasteiger partial charge in [0.25, 0.3) is 0 Å². The summed E-state index contributed by atoms with van der Waals surface area (Å²) in [6, 6.07) is 0. The van der Waals surface area contributed by atoms with Crippen molar-refractivity contribution in [3.63, 3.8) is 0 Å². The summed E-state index contributed by atoms with van der Waals surface area (Å²) in [5, 5.41) is 23.1. The molecule has 2 rings (SSSR count). The molecule has 1 aliphatic rings. The average molecular weight is 240 g/mol. The first-order chi connectivity index (χ1) is 8.06. The van der Waals surface area contributed by atoms with Crippen LogP contribution in [0.4, 0.5) is 0 Å². The lowest BCUT2D eigenvalue weighted by Crippen LogP contribution is -2.24. The minimum atomic E-state index is -0.642. The summed E-state index contributed by atoms with van der Waals surface area (Å²) in [7, 11) is 0. The molecular formula is C11H20N4O2. The summed E-state index contributed by atoms with van der Waals surface area (Å²) in [5.74, 6) is 1.41. The third-order valence-electron chi connectivity index (χ3n) is 2.93. The Balaban J connectivity index is 1.97. The van der Waals surface area contributed by atoms with Gasteiger partial charge in [0.1, 0.15) is 12.2 Å².